The SMILES string of the molecule is CC(O)C(=O)[O][Bi][O]C(=O)C(C)O. The summed E-state index contributed by atoms with van der Waals surface area (Å²) >= 11 is -2.14. The van der Waals surface area contributed by atoms with Crippen LogP contribution in [-0.2, 0) is 15.2 Å². The Kier molecular flexibility index (Phi) is 6.11. The van der Waals surface area contributed by atoms with Crippen molar-refractivity contribution in [2.75, 3.05) is 0 Å². The molecule has 6 nitrogen and oxygen atoms in total. The molecule has 0 rings (SSSR count). The van der Waals surface area contributed by atoms with Crippen molar-refractivity contribution in [1.29, 1.82) is 0 Å². The molecule has 0 bridgehead atoms. The summed E-state index contributed by atoms with van der Waals surface area (Å²) in [7, 11) is 0. The minimum absolute atomic E-state index is 0.810. The van der Waals surface area contributed by atoms with Gasteiger partial charge >= 0.3 is 87.5 Å². The van der Waals surface area contributed by atoms with E-state index in [0.29, 0.717) is 0 Å². The topological polar surface area (TPSA) is 93.1 Å². The molecule has 2 N–H and O–H groups in total. The third kappa shape index (κ3) is 5.90. The number of hydrogen-bond donors (Lipinski definition) is 2. The quantitative estimate of drug-likeness (QED) is 0.563. The van der Waals surface area contributed by atoms with Gasteiger partial charge in [-0.25, -0.2) is 0 Å². The standard InChI is InChI=1S/2C3H6O3.Bi/c2*1-2(4)3(5)6;/h2*2,4H,1H3,(H,5,6);/q;;+2/p-2. The van der Waals surface area contributed by atoms with Crippen molar-refractivity contribution in [1.82, 2.24) is 0 Å². The van der Waals surface area contributed by atoms with Crippen molar-refractivity contribution in [2.45, 2.75) is 26.1 Å². The van der Waals surface area contributed by atoms with Crippen LogP contribution in [0, 0.1) is 0 Å². The summed E-state index contributed by atoms with van der Waals surface area (Å²) in [6, 6.07) is 0. The molecule has 0 aliphatic carbocycles. The Bertz CT molecular complexity index is 170. The van der Waals surface area contributed by atoms with Gasteiger partial charge in [-0.05, 0) is 0 Å². The summed E-state index contributed by atoms with van der Waals surface area (Å²) < 4.78 is 8.92. The molecule has 7 heteroatoms. The second-order valence-corrected chi connectivity index (χ2v) is 4.25. The third-order valence-electron chi connectivity index (χ3n) is 0.937. The maximum absolute atomic E-state index is 10.6. The van der Waals surface area contributed by atoms with Gasteiger partial charge in [0.05, 0.1) is 0 Å². The van der Waals surface area contributed by atoms with Crippen LogP contribution in [0.1, 0.15) is 13.8 Å². The molecule has 0 aliphatic heterocycles. The van der Waals surface area contributed by atoms with E-state index in [9.17, 15) is 9.59 Å². The second kappa shape index (κ2) is 6.24. The fourth-order valence-electron chi connectivity index (χ4n) is 0.245. The van der Waals surface area contributed by atoms with Crippen molar-refractivity contribution < 1.29 is 25.4 Å². The Morgan fingerprint density at radius 1 is 1.08 bits per heavy atom. The van der Waals surface area contributed by atoms with Gasteiger partial charge in [-0.1, -0.05) is 0 Å². The summed E-state index contributed by atoms with van der Waals surface area (Å²) in [5.74, 6) is -1.62. The van der Waals surface area contributed by atoms with Crippen LogP contribution in [0.15, 0.2) is 0 Å². The zero-order chi connectivity index (χ0) is 10.4. The van der Waals surface area contributed by atoms with Crippen LogP contribution in [0.2, 0.25) is 0 Å². The number of carbonyl (C=O) groups is 2. The van der Waals surface area contributed by atoms with E-state index >= 15 is 0 Å². The summed E-state index contributed by atoms with van der Waals surface area (Å²) in [6.07, 6.45) is -2.43. The van der Waals surface area contributed by atoms with E-state index in [2.05, 4.69) is 5.63 Å². The zero-order valence-electron chi connectivity index (χ0n) is 7.13. The van der Waals surface area contributed by atoms with Gasteiger partial charge in [0.1, 0.15) is 0 Å². The number of aliphatic hydroxyl groups is 2. The van der Waals surface area contributed by atoms with Gasteiger partial charge in [0, 0.05) is 0 Å². The first kappa shape index (κ1) is 12.7. The first-order valence-electron chi connectivity index (χ1n) is 3.43. The van der Waals surface area contributed by atoms with Crippen LogP contribution in [-0.4, -0.2) is 58.5 Å². The molecule has 0 aromatic carbocycles. The average molecular weight is 387 g/mol. The predicted molar refractivity (Wildman–Crippen MR) is 41.3 cm³/mol. The molecule has 1 radical (unpaired) electrons. The van der Waals surface area contributed by atoms with Crippen molar-refractivity contribution >= 4 is 36.1 Å². The van der Waals surface area contributed by atoms with Crippen LogP contribution >= 0.6 is 0 Å². The monoisotopic (exact) mass is 387 g/mol. The van der Waals surface area contributed by atoms with Gasteiger partial charge in [-0.2, -0.15) is 0 Å². The van der Waals surface area contributed by atoms with Gasteiger partial charge < -0.3 is 0 Å². The Balaban J connectivity index is 3.57. The fraction of sp³-hybridized carbons (Fsp3) is 0.667. The van der Waals surface area contributed by atoms with Gasteiger partial charge in [0.25, 0.3) is 0 Å². The fourth-order valence-corrected chi connectivity index (χ4v) is 2.15. The number of rotatable bonds is 4. The average Bonchev–Trinajstić information content (AvgIpc) is 2.03. The number of aliphatic hydroxyl groups excluding tert-OH is 2. The maximum atomic E-state index is 10.6. The van der Waals surface area contributed by atoms with E-state index in [1.807, 2.05) is 0 Å². The van der Waals surface area contributed by atoms with Gasteiger partial charge in [-0.3, -0.25) is 0 Å². The molecule has 2 atom stereocenters. The van der Waals surface area contributed by atoms with Crippen LogP contribution < -0.4 is 0 Å². The predicted octanol–water partition coefficient (Wildman–Crippen LogP) is -1.63. The summed E-state index contributed by atoms with van der Waals surface area (Å²) in [4.78, 5) is 21.2. The molecule has 75 valence electrons. The van der Waals surface area contributed by atoms with Crippen LogP contribution in [0.4, 0.5) is 0 Å². The molecule has 2 unspecified atom stereocenters. The Hall–Kier alpha value is -0.257. The molecule has 0 spiro atoms. The van der Waals surface area contributed by atoms with E-state index in [-0.39, 0.29) is 0 Å². The molecular weight excluding hydrogens is 377 g/mol. The molecule has 0 aromatic heterocycles. The summed E-state index contributed by atoms with van der Waals surface area (Å²) in [5.41, 5.74) is 0. The van der Waals surface area contributed by atoms with E-state index < -0.39 is 48.3 Å². The molecule has 0 amide bonds. The summed E-state index contributed by atoms with van der Waals surface area (Å²) in [6.45, 7) is 2.50. The zero-order valence-corrected chi connectivity index (χ0v) is 10.6. The molecular formula is C6H10BiO6. The minimum atomic E-state index is -2.14. The van der Waals surface area contributed by atoms with Crippen molar-refractivity contribution in [3.05, 3.63) is 0 Å². The second-order valence-electron chi connectivity index (χ2n) is 2.25. The Morgan fingerprint density at radius 2 is 1.38 bits per heavy atom. The molecule has 0 fully saturated rings. The van der Waals surface area contributed by atoms with Crippen LogP contribution in [0.3, 0.4) is 0 Å². The molecule has 0 saturated heterocycles. The van der Waals surface area contributed by atoms with E-state index in [1.54, 1.807) is 0 Å². The third-order valence-corrected chi connectivity index (χ3v) is 2.92. The van der Waals surface area contributed by atoms with Crippen LogP contribution in [0.5, 0.6) is 0 Å². The molecule has 0 aliphatic rings. The van der Waals surface area contributed by atoms with E-state index in [0.717, 1.165) is 0 Å². The van der Waals surface area contributed by atoms with Gasteiger partial charge in [-0.15, -0.1) is 0 Å². The van der Waals surface area contributed by atoms with Crippen molar-refractivity contribution in [2.24, 2.45) is 0 Å². The van der Waals surface area contributed by atoms with Gasteiger partial charge in [0.15, 0.2) is 0 Å². The van der Waals surface area contributed by atoms with Crippen LogP contribution in [0.25, 0.3) is 0 Å². The van der Waals surface area contributed by atoms with Crippen molar-refractivity contribution in [3.63, 3.8) is 0 Å². The number of carbonyl (C=O) groups excluding carboxylic acids is 2. The molecule has 0 heterocycles. The first-order valence-corrected chi connectivity index (χ1v) is 6.27. The van der Waals surface area contributed by atoms with Gasteiger partial charge in [0.2, 0.25) is 0 Å². The van der Waals surface area contributed by atoms with E-state index in [4.69, 9.17) is 10.2 Å². The van der Waals surface area contributed by atoms with E-state index in [1.165, 1.54) is 13.8 Å². The number of hydrogen-bond acceptors (Lipinski definition) is 6. The Morgan fingerprint density at radius 3 is 1.62 bits per heavy atom. The normalized spacial score (nSPS) is 14.5. The molecule has 0 saturated carbocycles. The summed E-state index contributed by atoms with van der Waals surface area (Å²) in [5, 5.41) is 17.3. The first-order chi connectivity index (χ1) is 5.95. The van der Waals surface area contributed by atoms with Crippen molar-refractivity contribution in [3.8, 4) is 0 Å². The molecule has 13 heavy (non-hydrogen) atoms. The Labute approximate surface area is 87.6 Å². The molecule has 0 aromatic rings.